The number of aromatic carboxylic acids is 2. The monoisotopic (exact) mass is 439 g/mol. The number of ether oxygens (including phenoxy) is 1. The van der Waals surface area contributed by atoms with Crippen molar-refractivity contribution in [2.24, 2.45) is 0 Å². The van der Waals surface area contributed by atoms with Crippen LogP contribution < -0.4 is 10.1 Å². The van der Waals surface area contributed by atoms with E-state index in [-0.39, 0.29) is 22.5 Å². The van der Waals surface area contributed by atoms with Crippen molar-refractivity contribution in [3.8, 4) is 11.5 Å². The van der Waals surface area contributed by atoms with Gasteiger partial charge in [-0.1, -0.05) is 12.1 Å². The summed E-state index contributed by atoms with van der Waals surface area (Å²) in [5.41, 5.74) is 1.94. The Morgan fingerprint density at radius 1 is 0.879 bits per heavy atom. The van der Waals surface area contributed by atoms with Gasteiger partial charge in [-0.05, 0) is 54.6 Å². The molecule has 162 valence electrons. The van der Waals surface area contributed by atoms with Crippen LogP contribution in [0.15, 0.2) is 79.1 Å². The molecule has 5 rings (SSSR count). The van der Waals surface area contributed by atoms with E-state index in [0.717, 1.165) is 10.9 Å². The number of H-pyrrole nitrogens is 1. The lowest BCUT2D eigenvalue weighted by Gasteiger charge is -2.15. The van der Waals surface area contributed by atoms with Crippen molar-refractivity contribution >= 4 is 45.1 Å². The molecule has 2 heterocycles. The number of carbonyl (C=O) groups is 2. The van der Waals surface area contributed by atoms with Crippen molar-refractivity contribution in [3.05, 3.63) is 90.3 Å². The molecule has 0 aliphatic rings. The molecule has 33 heavy (non-hydrogen) atoms. The summed E-state index contributed by atoms with van der Waals surface area (Å²) in [5, 5.41) is 23.7. The van der Waals surface area contributed by atoms with Crippen LogP contribution in [-0.2, 0) is 0 Å². The molecule has 0 saturated heterocycles. The lowest BCUT2D eigenvalue weighted by Crippen LogP contribution is -2.07. The summed E-state index contributed by atoms with van der Waals surface area (Å²) >= 11 is 0. The van der Waals surface area contributed by atoms with Crippen LogP contribution in [0.1, 0.15) is 20.7 Å². The van der Waals surface area contributed by atoms with E-state index < -0.39 is 11.9 Å². The maximum absolute atomic E-state index is 11.9. The van der Waals surface area contributed by atoms with Gasteiger partial charge in [0.2, 0.25) is 0 Å². The van der Waals surface area contributed by atoms with Gasteiger partial charge in [0, 0.05) is 28.7 Å². The van der Waals surface area contributed by atoms with Crippen LogP contribution in [0.2, 0.25) is 0 Å². The van der Waals surface area contributed by atoms with Gasteiger partial charge >= 0.3 is 11.9 Å². The summed E-state index contributed by atoms with van der Waals surface area (Å²) < 4.78 is 6.02. The molecule has 4 N–H and O–H groups in total. The molecule has 5 aromatic rings. The van der Waals surface area contributed by atoms with Gasteiger partial charge in [0.05, 0.1) is 22.5 Å². The number of nitrogens with one attached hydrogen (secondary N) is 2. The number of anilines is 2. The highest BCUT2D eigenvalue weighted by Crippen LogP contribution is 2.34. The summed E-state index contributed by atoms with van der Waals surface area (Å²) in [7, 11) is 0. The number of aromatic nitrogens is 2. The van der Waals surface area contributed by atoms with Crippen LogP contribution in [0.3, 0.4) is 0 Å². The van der Waals surface area contributed by atoms with E-state index in [9.17, 15) is 19.8 Å². The van der Waals surface area contributed by atoms with Crippen LogP contribution in [-0.4, -0.2) is 32.1 Å². The smallest absolute Gasteiger partial charge is 0.339 e. The molecular formula is C25H17N3O5. The number of rotatable bonds is 6. The van der Waals surface area contributed by atoms with Crippen LogP contribution in [0, 0.1) is 0 Å². The summed E-state index contributed by atoms with van der Waals surface area (Å²) in [6.45, 7) is 0. The fraction of sp³-hybridized carbons (Fsp3) is 0. The van der Waals surface area contributed by atoms with E-state index in [1.54, 1.807) is 36.4 Å². The lowest BCUT2D eigenvalue weighted by atomic mass is 10.1. The Hall–Kier alpha value is -4.85. The molecule has 0 saturated carbocycles. The van der Waals surface area contributed by atoms with E-state index in [1.165, 1.54) is 12.3 Å². The molecule has 0 atom stereocenters. The Bertz CT molecular complexity index is 1540. The van der Waals surface area contributed by atoms with E-state index in [1.807, 2.05) is 30.5 Å². The molecule has 3 aromatic carbocycles. The highest BCUT2D eigenvalue weighted by molar-refractivity contribution is 6.07. The van der Waals surface area contributed by atoms with E-state index in [4.69, 9.17) is 4.74 Å². The Morgan fingerprint density at radius 3 is 2.45 bits per heavy atom. The highest BCUT2D eigenvalue weighted by Gasteiger charge is 2.18. The standard InChI is InChI=1S/C25H17N3O5/c29-24(30)17-3-1-2-4-22(17)28-23-18-12-16(6-8-21(18)27-13-19(23)25(31)32)33-15-5-7-20-14(11-15)9-10-26-20/h1-13,26H,(H,27,28)(H,29,30)(H,31,32). The number of nitrogens with zero attached hydrogens (tertiary/aromatic N) is 1. The predicted octanol–water partition coefficient (Wildman–Crippen LogP) is 5.65. The number of carboxylic acids is 2. The number of benzene rings is 3. The van der Waals surface area contributed by atoms with Gasteiger partial charge in [-0.15, -0.1) is 0 Å². The van der Waals surface area contributed by atoms with Gasteiger partial charge in [-0.2, -0.15) is 0 Å². The SMILES string of the molecule is O=C(O)c1ccccc1Nc1c(C(=O)O)cnc2ccc(Oc3ccc4[nH]ccc4c3)cc12. The van der Waals surface area contributed by atoms with Crippen LogP contribution >= 0.6 is 0 Å². The summed E-state index contributed by atoms with van der Waals surface area (Å²) in [6, 6.07) is 19.0. The van der Waals surface area contributed by atoms with E-state index in [0.29, 0.717) is 22.4 Å². The van der Waals surface area contributed by atoms with Gasteiger partial charge in [0.1, 0.15) is 17.1 Å². The van der Waals surface area contributed by atoms with Crippen molar-refractivity contribution in [1.29, 1.82) is 0 Å². The fourth-order valence-electron chi connectivity index (χ4n) is 3.68. The largest absolute Gasteiger partial charge is 0.478 e. The van der Waals surface area contributed by atoms with Crippen molar-refractivity contribution in [3.63, 3.8) is 0 Å². The fourth-order valence-corrected chi connectivity index (χ4v) is 3.68. The minimum absolute atomic E-state index is 0.0195. The van der Waals surface area contributed by atoms with Crippen LogP contribution in [0.5, 0.6) is 11.5 Å². The first-order valence-corrected chi connectivity index (χ1v) is 10.00. The second kappa shape index (κ2) is 8.01. The number of pyridine rings is 1. The number of para-hydroxylation sites is 1. The van der Waals surface area contributed by atoms with Crippen LogP contribution in [0.25, 0.3) is 21.8 Å². The minimum Gasteiger partial charge on any atom is -0.478 e. The Morgan fingerprint density at radius 2 is 1.64 bits per heavy atom. The first kappa shape index (κ1) is 20.1. The molecular weight excluding hydrogens is 422 g/mol. The normalized spacial score (nSPS) is 10.9. The average Bonchev–Trinajstić information content (AvgIpc) is 3.27. The van der Waals surface area contributed by atoms with Gasteiger partial charge < -0.3 is 25.3 Å². The second-order valence-electron chi connectivity index (χ2n) is 7.34. The predicted molar refractivity (Wildman–Crippen MR) is 124 cm³/mol. The van der Waals surface area contributed by atoms with Gasteiger partial charge in [0.15, 0.2) is 0 Å². The molecule has 0 unspecified atom stereocenters. The van der Waals surface area contributed by atoms with Crippen molar-refractivity contribution in [1.82, 2.24) is 9.97 Å². The zero-order chi connectivity index (χ0) is 22.9. The molecule has 0 spiro atoms. The zero-order valence-corrected chi connectivity index (χ0v) is 17.1. The first-order chi connectivity index (χ1) is 16.0. The number of carboxylic acid groups (broad SMARTS) is 2. The third-order valence-electron chi connectivity index (χ3n) is 5.25. The van der Waals surface area contributed by atoms with Crippen molar-refractivity contribution in [2.45, 2.75) is 0 Å². The van der Waals surface area contributed by atoms with E-state index in [2.05, 4.69) is 15.3 Å². The number of fused-ring (bicyclic) bond motifs is 2. The molecule has 0 aliphatic carbocycles. The van der Waals surface area contributed by atoms with E-state index >= 15 is 0 Å². The number of hydrogen-bond donors (Lipinski definition) is 4. The molecule has 0 bridgehead atoms. The third-order valence-corrected chi connectivity index (χ3v) is 5.25. The third kappa shape index (κ3) is 3.81. The molecule has 0 amide bonds. The Balaban J connectivity index is 1.61. The summed E-state index contributed by atoms with van der Waals surface area (Å²) in [6.07, 6.45) is 3.09. The van der Waals surface area contributed by atoms with Crippen molar-refractivity contribution in [2.75, 3.05) is 5.32 Å². The second-order valence-corrected chi connectivity index (χ2v) is 7.34. The number of hydrogen-bond acceptors (Lipinski definition) is 5. The minimum atomic E-state index is -1.19. The maximum Gasteiger partial charge on any atom is 0.339 e. The lowest BCUT2D eigenvalue weighted by molar-refractivity contribution is 0.0687. The summed E-state index contributed by atoms with van der Waals surface area (Å²) in [4.78, 5) is 30.9. The van der Waals surface area contributed by atoms with Crippen LogP contribution in [0.4, 0.5) is 11.4 Å². The maximum atomic E-state index is 11.9. The molecule has 0 fully saturated rings. The topological polar surface area (TPSA) is 125 Å². The molecule has 2 aromatic heterocycles. The number of aromatic amines is 1. The van der Waals surface area contributed by atoms with Crippen molar-refractivity contribution < 1.29 is 24.5 Å². The van der Waals surface area contributed by atoms with Gasteiger partial charge in [-0.25, -0.2) is 9.59 Å². The van der Waals surface area contributed by atoms with Gasteiger partial charge in [0.25, 0.3) is 0 Å². The Labute approximate surface area is 187 Å². The summed E-state index contributed by atoms with van der Waals surface area (Å²) in [5.74, 6) is -1.22. The molecule has 8 heteroatoms. The van der Waals surface area contributed by atoms with Gasteiger partial charge in [-0.3, -0.25) is 4.98 Å². The zero-order valence-electron chi connectivity index (χ0n) is 17.1. The quantitative estimate of drug-likeness (QED) is 0.269. The Kier molecular flexibility index (Phi) is 4.87. The first-order valence-electron chi connectivity index (χ1n) is 10.00. The average molecular weight is 439 g/mol. The highest BCUT2D eigenvalue weighted by atomic mass is 16.5. The molecule has 0 radical (unpaired) electrons. The molecule has 8 nitrogen and oxygen atoms in total. The molecule has 0 aliphatic heterocycles.